The highest BCUT2D eigenvalue weighted by Gasteiger charge is 2.73. The summed E-state index contributed by atoms with van der Waals surface area (Å²) in [5, 5.41) is 24.0. The summed E-state index contributed by atoms with van der Waals surface area (Å²) < 4.78 is 47.1. The monoisotopic (exact) mass is 672 g/mol. The SMILES string of the molecule is O=C(C=Cc1cccc(C(F)(F)F)c1)N(CCCCc1ccccc1)C1CC[C@@]2(O)[C@H]3Cc4ccc(O)c5c4[C@@]2(CCN3CC2CC2)C1O5. The maximum atomic E-state index is 14.2. The molecular weight excluding hydrogens is 629 g/mol. The summed E-state index contributed by atoms with van der Waals surface area (Å²) in [6.45, 7) is 2.22. The van der Waals surface area contributed by atoms with Crippen LogP contribution in [-0.2, 0) is 29.2 Å². The number of hydrogen-bond donors (Lipinski definition) is 2. The van der Waals surface area contributed by atoms with Crippen molar-refractivity contribution in [1.29, 1.82) is 0 Å². The van der Waals surface area contributed by atoms with E-state index in [0.717, 1.165) is 55.6 Å². The first-order valence-electron chi connectivity index (χ1n) is 17.8. The molecule has 3 fully saturated rings. The van der Waals surface area contributed by atoms with Crippen molar-refractivity contribution in [3.05, 3.63) is 101 Å². The van der Waals surface area contributed by atoms with Gasteiger partial charge in [-0.3, -0.25) is 9.69 Å². The molecule has 2 aliphatic heterocycles. The molecule has 0 radical (unpaired) electrons. The number of unbranched alkanes of at least 4 members (excludes halogenated alkanes) is 1. The Morgan fingerprint density at radius 1 is 1.02 bits per heavy atom. The number of aryl methyl sites for hydroxylation is 1. The molecular formula is C40H43F3N2O4. The number of carbonyl (C=O) groups is 1. The number of piperidine rings is 1. The molecule has 5 aliphatic rings. The fourth-order valence-corrected chi connectivity index (χ4v) is 9.55. The second-order valence-electron chi connectivity index (χ2n) is 14.8. The number of aromatic hydroxyl groups is 1. The van der Waals surface area contributed by atoms with E-state index < -0.39 is 34.9 Å². The molecule has 9 heteroatoms. The van der Waals surface area contributed by atoms with Crippen LogP contribution in [0.25, 0.3) is 6.08 Å². The Morgan fingerprint density at radius 2 is 1.84 bits per heavy atom. The average molecular weight is 673 g/mol. The van der Waals surface area contributed by atoms with Crippen LogP contribution in [0, 0.1) is 5.92 Å². The van der Waals surface area contributed by atoms with Crippen molar-refractivity contribution in [3.8, 4) is 11.5 Å². The number of amides is 1. The normalized spacial score (nSPS) is 28.7. The summed E-state index contributed by atoms with van der Waals surface area (Å²) in [6, 6.07) is 18.3. The van der Waals surface area contributed by atoms with Gasteiger partial charge in [0.2, 0.25) is 5.91 Å². The molecule has 1 saturated heterocycles. The van der Waals surface area contributed by atoms with Gasteiger partial charge in [-0.1, -0.05) is 48.5 Å². The number of ether oxygens (including phenoxy) is 1. The van der Waals surface area contributed by atoms with Crippen LogP contribution in [0.2, 0.25) is 0 Å². The van der Waals surface area contributed by atoms with Crippen LogP contribution in [0.3, 0.4) is 0 Å². The molecule has 1 spiro atoms. The maximum absolute atomic E-state index is 14.2. The minimum absolute atomic E-state index is 0.0488. The van der Waals surface area contributed by atoms with Crippen molar-refractivity contribution in [2.24, 2.45) is 5.92 Å². The zero-order chi connectivity index (χ0) is 34.0. The molecule has 3 aromatic carbocycles. The molecule has 0 aromatic heterocycles. The lowest BCUT2D eigenvalue weighted by Gasteiger charge is -2.65. The van der Waals surface area contributed by atoms with E-state index >= 15 is 0 Å². The molecule has 2 N–H and O–H groups in total. The van der Waals surface area contributed by atoms with E-state index in [1.807, 2.05) is 29.2 Å². The maximum Gasteiger partial charge on any atom is 0.416 e. The number of phenols is 1. The minimum Gasteiger partial charge on any atom is -0.504 e. The second kappa shape index (κ2) is 12.2. The molecule has 2 bridgehead atoms. The van der Waals surface area contributed by atoms with E-state index in [4.69, 9.17) is 4.74 Å². The van der Waals surface area contributed by atoms with Crippen molar-refractivity contribution in [2.45, 2.75) is 93.2 Å². The third kappa shape index (κ3) is 5.53. The number of alkyl halides is 3. The summed E-state index contributed by atoms with van der Waals surface area (Å²) >= 11 is 0. The zero-order valence-corrected chi connectivity index (χ0v) is 27.5. The van der Waals surface area contributed by atoms with Crippen LogP contribution in [0.15, 0.2) is 72.8 Å². The summed E-state index contributed by atoms with van der Waals surface area (Å²) in [5.41, 5.74) is 0.882. The smallest absolute Gasteiger partial charge is 0.416 e. The molecule has 3 aliphatic carbocycles. The lowest BCUT2D eigenvalue weighted by Crippen LogP contribution is -2.78. The predicted molar refractivity (Wildman–Crippen MR) is 180 cm³/mol. The average Bonchev–Trinajstić information content (AvgIpc) is 3.83. The lowest BCUT2D eigenvalue weighted by atomic mass is 9.48. The fourth-order valence-electron chi connectivity index (χ4n) is 9.55. The molecule has 8 rings (SSSR count). The third-order valence-corrected chi connectivity index (χ3v) is 12.0. The van der Waals surface area contributed by atoms with Crippen molar-refractivity contribution >= 4 is 12.0 Å². The van der Waals surface area contributed by atoms with Crippen LogP contribution in [0.4, 0.5) is 13.2 Å². The third-order valence-electron chi connectivity index (χ3n) is 12.0. The number of aliphatic hydroxyl groups is 1. The van der Waals surface area contributed by atoms with E-state index in [2.05, 4.69) is 17.0 Å². The molecule has 6 nitrogen and oxygen atoms in total. The Hall–Kier alpha value is -3.82. The van der Waals surface area contributed by atoms with Crippen LogP contribution in [0.1, 0.15) is 72.8 Å². The quantitative estimate of drug-likeness (QED) is 0.181. The van der Waals surface area contributed by atoms with Crippen LogP contribution in [-0.4, -0.2) is 69.3 Å². The van der Waals surface area contributed by atoms with Crippen molar-refractivity contribution in [3.63, 3.8) is 0 Å². The predicted octanol–water partition coefficient (Wildman–Crippen LogP) is 6.91. The van der Waals surface area contributed by atoms with Gasteiger partial charge < -0.3 is 19.8 Å². The number of rotatable bonds is 10. The van der Waals surface area contributed by atoms with Crippen LogP contribution < -0.4 is 4.74 Å². The first kappa shape index (κ1) is 32.4. The Kier molecular flexibility index (Phi) is 8.06. The van der Waals surface area contributed by atoms with E-state index in [1.54, 1.807) is 12.1 Å². The van der Waals surface area contributed by atoms with E-state index in [0.29, 0.717) is 49.5 Å². The molecule has 2 saturated carbocycles. The number of phenolic OH excluding ortho intramolecular Hbond substituents is 1. The zero-order valence-electron chi connectivity index (χ0n) is 27.5. The number of hydrogen-bond acceptors (Lipinski definition) is 5. The number of benzene rings is 3. The Labute approximate surface area is 285 Å². The fraction of sp³-hybridized carbons (Fsp3) is 0.475. The van der Waals surface area contributed by atoms with Gasteiger partial charge in [0.05, 0.1) is 22.6 Å². The Balaban J connectivity index is 1.12. The van der Waals surface area contributed by atoms with E-state index in [9.17, 15) is 28.2 Å². The van der Waals surface area contributed by atoms with Crippen LogP contribution in [0.5, 0.6) is 11.5 Å². The Bertz CT molecular complexity index is 1760. The molecule has 1 amide bonds. The van der Waals surface area contributed by atoms with Crippen molar-refractivity contribution in [1.82, 2.24) is 9.80 Å². The summed E-state index contributed by atoms with van der Waals surface area (Å²) in [4.78, 5) is 18.5. The standard InChI is InChI=1S/C40H43F3N2O4/c41-40(42,43)30-11-6-10-27(23-30)14-17-34(47)45(21-5-4-9-26-7-2-1-3-8-26)31-18-19-39(48)33-24-29-15-16-32(46)36-35(29)38(39,37(31)49-36)20-22-44(33)25-28-12-13-28/h1-3,6-8,10-11,14-17,23,28,31,33,37,46,48H,4-5,9,12-13,18-22,24-25H2/t31?,33-,37?,38+,39-/m1/s1. The largest absolute Gasteiger partial charge is 0.504 e. The molecule has 258 valence electrons. The summed E-state index contributed by atoms with van der Waals surface area (Å²) in [5.74, 6) is 0.853. The lowest BCUT2D eigenvalue weighted by molar-refractivity contribution is -0.201. The molecule has 5 atom stereocenters. The van der Waals surface area contributed by atoms with Gasteiger partial charge in [-0.05, 0) is 111 Å². The van der Waals surface area contributed by atoms with Gasteiger partial charge in [-0.2, -0.15) is 13.2 Å². The van der Waals surface area contributed by atoms with E-state index in [1.165, 1.54) is 36.6 Å². The van der Waals surface area contributed by atoms with Gasteiger partial charge in [0.15, 0.2) is 11.5 Å². The van der Waals surface area contributed by atoms with Gasteiger partial charge in [0, 0.05) is 30.8 Å². The minimum atomic E-state index is -4.48. The highest BCUT2D eigenvalue weighted by atomic mass is 19.4. The number of nitrogens with zero attached hydrogens (tertiary/aromatic N) is 2. The van der Waals surface area contributed by atoms with Crippen molar-refractivity contribution < 1.29 is 32.9 Å². The van der Waals surface area contributed by atoms with Gasteiger partial charge >= 0.3 is 6.18 Å². The number of carbonyl (C=O) groups excluding carboxylic acids is 1. The number of likely N-dealkylation sites (tertiary alicyclic amines) is 1. The first-order chi connectivity index (χ1) is 23.6. The number of halogens is 3. The van der Waals surface area contributed by atoms with Gasteiger partial charge in [-0.15, -0.1) is 0 Å². The van der Waals surface area contributed by atoms with E-state index in [-0.39, 0.29) is 17.7 Å². The first-order valence-corrected chi connectivity index (χ1v) is 17.8. The summed E-state index contributed by atoms with van der Waals surface area (Å²) in [6.07, 6.45) is 5.01. The van der Waals surface area contributed by atoms with Crippen molar-refractivity contribution in [2.75, 3.05) is 19.6 Å². The highest BCUT2D eigenvalue weighted by molar-refractivity contribution is 5.92. The molecule has 49 heavy (non-hydrogen) atoms. The topological polar surface area (TPSA) is 73.2 Å². The highest BCUT2D eigenvalue weighted by Crippen LogP contribution is 2.66. The van der Waals surface area contributed by atoms with Gasteiger partial charge in [0.25, 0.3) is 0 Å². The van der Waals surface area contributed by atoms with Crippen LogP contribution >= 0.6 is 0 Å². The second-order valence-corrected chi connectivity index (χ2v) is 14.8. The summed E-state index contributed by atoms with van der Waals surface area (Å²) in [7, 11) is 0. The Morgan fingerprint density at radius 3 is 2.61 bits per heavy atom. The molecule has 2 heterocycles. The molecule has 2 unspecified atom stereocenters. The molecule has 3 aromatic rings. The van der Waals surface area contributed by atoms with Gasteiger partial charge in [0.1, 0.15) is 6.10 Å². The van der Waals surface area contributed by atoms with Gasteiger partial charge in [-0.25, -0.2) is 0 Å².